The van der Waals surface area contributed by atoms with Crippen LogP contribution in [0.3, 0.4) is 0 Å². The molecule has 0 spiro atoms. The van der Waals surface area contributed by atoms with E-state index in [0.717, 1.165) is 36.1 Å². The number of rotatable bonds is 2. The Kier molecular flexibility index (Phi) is 4.57. The Morgan fingerprint density at radius 3 is 2.92 bits per heavy atom. The molecule has 6 nitrogen and oxygen atoms in total. The molecule has 2 amide bonds. The van der Waals surface area contributed by atoms with Crippen LogP contribution in [0.5, 0.6) is 0 Å². The normalized spacial score (nSPS) is 16.4. The number of nitrogens with zero attached hydrogens (tertiary/aromatic N) is 2. The van der Waals surface area contributed by atoms with Gasteiger partial charge in [-0.15, -0.1) is 0 Å². The van der Waals surface area contributed by atoms with Gasteiger partial charge in [-0.1, -0.05) is 17.7 Å². The molecule has 0 fully saturated rings. The highest BCUT2D eigenvalue weighted by atomic mass is 35.5. The number of fused-ring (bicyclic) bond motifs is 1. The summed E-state index contributed by atoms with van der Waals surface area (Å²) in [5.41, 5.74) is 3.47. The summed E-state index contributed by atoms with van der Waals surface area (Å²) >= 11 is 5.93. The molecule has 7 heteroatoms. The molecule has 24 heavy (non-hydrogen) atoms. The third kappa shape index (κ3) is 3.28. The lowest BCUT2D eigenvalue weighted by atomic mass is 9.93. The first-order valence-electron chi connectivity index (χ1n) is 7.84. The quantitative estimate of drug-likeness (QED) is 0.820. The van der Waals surface area contributed by atoms with Gasteiger partial charge in [-0.3, -0.25) is 14.3 Å². The Bertz CT molecular complexity index is 800. The van der Waals surface area contributed by atoms with Gasteiger partial charge >= 0.3 is 11.8 Å². The van der Waals surface area contributed by atoms with Crippen molar-refractivity contribution in [2.75, 3.05) is 5.32 Å². The van der Waals surface area contributed by atoms with Crippen LogP contribution in [0, 0.1) is 6.92 Å². The fourth-order valence-corrected chi connectivity index (χ4v) is 3.16. The SMILES string of the molecule is Cc1ccc(Cl)cc1NC(=O)C(=O)NC1CCCc2c1cnn2C. The van der Waals surface area contributed by atoms with Gasteiger partial charge in [0.25, 0.3) is 0 Å². The first-order valence-corrected chi connectivity index (χ1v) is 8.22. The van der Waals surface area contributed by atoms with Crippen molar-refractivity contribution in [3.63, 3.8) is 0 Å². The van der Waals surface area contributed by atoms with E-state index < -0.39 is 11.8 Å². The fraction of sp³-hybridized carbons (Fsp3) is 0.353. The zero-order valence-electron chi connectivity index (χ0n) is 13.6. The zero-order valence-corrected chi connectivity index (χ0v) is 14.4. The van der Waals surface area contributed by atoms with Crippen molar-refractivity contribution >= 4 is 29.1 Å². The molecule has 1 aromatic heterocycles. The van der Waals surface area contributed by atoms with Gasteiger partial charge in [0.05, 0.1) is 12.2 Å². The van der Waals surface area contributed by atoms with E-state index in [1.807, 2.05) is 18.7 Å². The van der Waals surface area contributed by atoms with Crippen molar-refractivity contribution in [2.45, 2.75) is 32.2 Å². The Morgan fingerprint density at radius 2 is 2.12 bits per heavy atom. The molecule has 1 heterocycles. The largest absolute Gasteiger partial charge is 0.341 e. The van der Waals surface area contributed by atoms with Crippen molar-refractivity contribution in [1.29, 1.82) is 0 Å². The average molecular weight is 347 g/mol. The maximum atomic E-state index is 12.2. The van der Waals surface area contributed by atoms with Crippen molar-refractivity contribution in [3.8, 4) is 0 Å². The summed E-state index contributed by atoms with van der Waals surface area (Å²) in [5.74, 6) is -1.35. The van der Waals surface area contributed by atoms with Gasteiger partial charge in [-0.05, 0) is 43.9 Å². The number of halogens is 1. The number of aryl methyl sites for hydroxylation is 2. The highest BCUT2D eigenvalue weighted by Gasteiger charge is 2.27. The first kappa shape index (κ1) is 16.5. The third-order valence-electron chi connectivity index (χ3n) is 4.34. The predicted octanol–water partition coefficient (Wildman–Crippen LogP) is 2.51. The molecule has 1 aliphatic rings. The van der Waals surface area contributed by atoms with Crippen LogP contribution in [0.15, 0.2) is 24.4 Å². The van der Waals surface area contributed by atoms with E-state index >= 15 is 0 Å². The summed E-state index contributed by atoms with van der Waals surface area (Å²) < 4.78 is 1.82. The number of amides is 2. The van der Waals surface area contributed by atoms with Crippen molar-refractivity contribution in [2.24, 2.45) is 7.05 Å². The van der Waals surface area contributed by atoms with Gasteiger partial charge in [0.1, 0.15) is 0 Å². The molecule has 2 aromatic rings. The molecular weight excluding hydrogens is 328 g/mol. The van der Waals surface area contributed by atoms with Crippen molar-refractivity contribution < 1.29 is 9.59 Å². The van der Waals surface area contributed by atoms with Gasteiger partial charge in [0.2, 0.25) is 0 Å². The van der Waals surface area contributed by atoms with Crippen molar-refractivity contribution in [1.82, 2.24) is 15.1 Å². The summed E-state index contributed by atoms with van der Waals surface area (Å²) in [4.78, 5) is 24.4. The molecule has 0 saturated carbocycles. The van der Waals surface area contributed by atoms with E-state index in [4.69, 9.17) is 11.6 Å². The summed E-state index contributed by atoms with van der Waals surface area (Å²) in [6.07, 6.45) is 4.45. The van der Waals surface area contributed by atoms with E-state index in [1.54, 1.807) is 24.4 Å². The van der Waals surface area contributed by atoms with Gasteiger partial charge in [0.15, 0.2) is 0 Å². The van der Waals surface area contributed by atoms with Gasteiger partial charge in [0, 0.05) is 29.0 Å². The van der Waals surface area contributed by atoms with Crippen LogP contribution in [-0.2, 0) is 23.1 Å². The average Bonchev–Trinajstić information content (AvgIpc) is 2.93. The monoisotopic (exact) mass is 346 g/mol. The van der Waals surface area contributed by atoms with Crippen LogP contribution in [0.2, 0.25) is 5.02 Å². The number of anilines is 1. The number of carbonyl (C=O) groups is 2. The smallest absolute Gasteiger partial charge is 0.313 e. The lowest BCUT2D eigenvalue weighted by Gasteiger charge is -2.23. The van der Waals surface area contributed by atoms with E-state index in [0.29, 0.717) is 10.7 Å². The summed E-state index contributed by atoms with van der Waals surface area (Å²) in [5, 5.41) is 10.2. The van der Waals surface area contributed by atoms with E-state index in [2.05, 4.69) is 15.7 Å². The standard InChI is InChI=1S/C17H19ClN4O2/c1-10-6-7-11(18)8-14(10)21-17(24)16(23)20-13-4-3-5-15-12(13)9-19-22(15)2/h6-9,13H,3-5H2,1-2H3,(H,20,23)(H,21,24). The Balaban J connectivity index is 1.69. The maximum Gasteiger partial charge on any atom is 0.313 e. The Hall–Kier alpha value is -2.34. The number of hydrogen-bond acceptors (Lipinski definition) is 3. The molecule has 1 aliphatic carbocycles. The second-order valence-corrected chi connectivity index (χ2v) is 6.44. The lowest BCUT2D eigenvalue weighted by Crippen LogP contribution is -2.39. The molecule has 3 rings (SSSR count). The lowest BCUT2D eigenvalue weighted by molar-refractivity contribution is -0.136. The Morgan fingerprint density at radius 1 is 1.33 bits per heavy atom. The molecular formula is C17H19ClN4O2. The van der Waals surface area contributed by atoms with Crippen LogP contribution < -0.4 is 10.6 Å². The minimum absolute atomic E-state index is 0.179. The molecule has 1 atom stereocenters. The molecule has 0 saturated heterocycles. The van der Waals surface area contributed by atoms with Gasteiger partial charge < -0.3 is 10.6 Å². The van der Waals surface area contributed by atoms with Gasteiger partial charge in [-0.25, -0.2) is 0 Å². The second-order valence-electron chi connectivity index (χ2n) is 6.00. The number of benzene rings is 1. The molecule has 0 bridgehead atoms. The number of aromatic nitrogens is 2. The molecule has 1 unspecified atom stereocenters. The summed E-state index contributed by atoms with van der Waals surface area (Å²) in [6, 6.07) is 4.97. The van der Waals surface area contributed by atoms with E-state index in [1.165, 1.54) is 0 Å². The van der Waals surface area contributed by atoms with Crippen molar-refractivity contribution in [3.05, 3.63) is 46.2 Å². The maximum absolute atomic E-state index is 12.2. The first-order chi connectivity index (χ1) is 11.5. The second kappa shape index (κ2) is 6.65. The van der Waals surface area contributed by atoms with E-state index in [9.17, 15) is 9.59 Å². The number of hydrogen-bond donors (Lipinski definition) is 2. The minimum atomic E-state index is -0.698. The number of carbonyl (C=O) groups excluding carboxylic acids is 2. The predicted molar refractivity (Wildman–Crippen MR) is 91.8 cm³/mol. The fourth-order valence-electron chi connectivity index (χ4n) is 2.99. The van der Waals surface area contributed by atoms with E-state index in [-0.39, 0.29) is 6.04 Å². The number of nitrogens with one attached hydrogen (secondary N) is 2. The highest BCUT2D eigenvalue weighted by Crippen LogP contribution is 2.29. The highest BCUT2D eigenvalue weighted by molar-refractivity contribution is 6.40. The van der Waals surface area contributed by atoms with Crippen LogP contribution in [-0.4, -0.2) is 21.6 Å². The van der Waals surface area contributed by atoms with Crippen LogP contribution >= 0.6 is 11.6 Å². The van der Waals surface area contributed by atoms with Crippen LogP contribution in [0.25, 0.3) is 0 Å². The summed E-state index contributed by atoms with van der Waals surface area (Å²) in [7, 11) is 1.89. The van der Waals surface area contributed by atoms with Crippen LogP contribution in [0.4, 0.5) is 5.69 Å². The molecule has 2 N–H and O–H groups in total. The Labute approximate surface area is 145 Å². The summed E-state index contributed by atoms with van der Waals surface area (Å²) in [6.45, 7) is 1.84. The molecule has 126 valence electrons. The topological polar surface area (TPSA) is 76.0 Å². The minimum Gasteiger partial charge on any atom is -0.341 e. The molecule has 0 radical (unpaired) electrons. The van der Waals surface area contributed by atoms with Gasteiger partial charge in [-0.2, -0.15) is 5.10 Å². The molecule has 0 aliphatic heterocycles. The molecule has 1 aromatic carbocycles. The zero-order chi connectivity index (χ0) is 17.3. The van der Waals surface area contributed by atoms with Crippen LogP contribution in [0.1, 0.15) is 35.7 Å². The third-order valence-corrected chi connectivity index (χ3v) is 4.57.